The smallest absolute Gasteiger partial charge is 0.227 e. The van der Waals surface area contributed by atoms with E-state index in [0.717, 1.165) is 25.9 Å². The minimum atomic E-state index is -0.514. The molecule has 0 bridgehead atoms. The summed E-state index contributed by atoms with van der Waals surface area (Å²) in [5, 5.41) is -0.0771. The highest BCUT2D eigenvalue weighted by atomic mass is 35.5. The molecule has 1 aliphatic heterocycles. The largest absolute Gasteiger partial charge is 0.341 e. The average Bonchev–Trinajstić information content (AvgIpc) is 2.53. The first-order valence-electron chi connectivity index (χ1n) is 5.63. The fraction of sp³-hybridized carbons (Fsp3) is 0.636. The summed E-state index contributed by atoms with van der Waals surface area (Å²) >= 11 is 5.73. The Morgan fingerprint density at radius 2 is 1.75 bits per heavy atom. The van der Waals surface area contributed by atoms with Crippen molar-refractivity contribution in [3.8, 4) is 0 Å². The van der Waals surface area contributed by atoms with E-state index in [4.69, 9.17) is 11.6 Å². The van der Waals surface area contributed by atoms with Crippen molar-refractivity contribution in [1.29, 1.82) is 0 Å². The van der Waals surface area contributed by atoms with Crippen molar-refractivity contribution >= 4 is 17.5 Å². The second-order valence-electron chi connectivity index (χ2n) is 4.12. The molecule has 0 aliphatic carbocycles. The van der Waals surface area contributed by atoms with Gasteiger partial charge in [0.05, 0.1) is 5.69 Å². The predicted octanol–water partition coefficient (Wildman–Crippen LogP) is 2.96. The summed E-state index contributed by atoms with van der Waals surface area (Å²) in [6, 6.07) is 0. The molecule has 0 spiro atoms. The van der Waals surface area contributed by atoms with Crippen molar-refractivity contribution in [1.82, 2.24) is 9.97 Å². The van der Waals surface area contributed by atoms with Crippen LogP contribution in [0.5, 0.6) is 0 Å². The third kappa shape index (κ3) is 2.43. The maximum atomic E-state index is 13.3. The Morgan fingerprint density at radius 3 is 2.31 bits per heavy atom. The zero-order valence-electron chi connectivity index (χ0n) is 9.34. The third-order valence-electron chi connectivity index (χ3n) is 2.85. The summed E-state index contributed by atoms with van der Waals surface area (Å²) in [5.41, 5.74) is 0.319. The molecule has 1 aromatic rings. The van der Waals surface area contributed by atoms with Crippen LogP contribution in [-0.4, -0.2) is 23.1 Å². The van der Waals surface area contributed by atoms with Gasteiger partial charge in [0.1, 0.15) is 0 Å². The highest BCUT2D eigenvalue weighted by molar-refractivity contribution is 6.29. The predicted molar refractivity (Wildman–Crippen MR) is 62.4 cm³/mol. The average molecular weight is 244 g/mol. The molecule has 2 heterocycles. The summed E-state index contributed by atoms with van der Waals surface area (Å²) in [6.45, 7) is 3.48. The van der Waals surface area contributed by atoms with Crippen LogP contribution >= 0.6 is 11.6 Å². The SMILES string of the molecule is Cc1nc(N2CCCCCC2)nc(Cl)c1F. The quantitative estimate of drug-likeness (QED) is 0.710. The molecule has 0 unspecified atom stereocenters. The molecule has 16 heavy (non-hydrogen) atoms. The number of hydrogen-bond acceptors (Lipinski definition) is 3. The van der Waals surface area contributed by atoms with Crippen molar-refractivity contribution < 1.29 is 4.39 Å². The van der Waals surface area contributed by atoms with Gasteiger partial charge >= 0.3 is 0 Å². The second kappa shape index (κ2) is 4.95. The molecule has 0 N–H and O–H groups in total. The highest BCUT2D eigenvalue weighted by Gasteiger charge is 2.16. The lowest BCUT2D eigenvalue weighted by molar-refractivity contribution is 0.599. The zero-order chi connectivity index (χ0) is 11.5. The van der Waals surface area contributed by atoms with E-state index in [9.17, 15) is 4.39 Å². The number of hydrogen-bond donors (Lipinski definition) is 0. The standard InChI is InChI=1S/C11H15ClFN3/c1-8-9(13)10(12)15-11(14-8)16-6-4-2-3-5-7-16/h2-7H2,1H3. The van der Waals surface area contributed by atoms with Gasteiger partial charge in [-0.05, 0) is 19.8 Å². The fourth-order valence-corrected chi connectivity index (χ4v) is 2.13. The molecule has 1 aliphatic rings. The Balaban J connectivity index is 2.25. The van der Waals surface area contributed by atoms with Crippen molar-refractivity contribution in [2.24, 2.45) is 0 Å². The highest BCUT2D eigenvalue weighted by Crippen LogP contribution is 2.20. The Morgan fingerprint density at radius 1 is 1.12 bits per heavy atom. The lowest BCUT2D eigenvalue weighted by Gasteiger charge is -2.20. The van der Waals surface area contributed by atoms with Crippen LogP contribution in [0.4, 0.5) is 10.3 Å². The molecular formula is C11H15ClFN3. The van der Waals surface area contributed by atoms with Crippen molar-refractivity contribution in [3.05, 3.63) is 16.7 Å². The molecular weight excluding hydrogens is 229 g/mol. The molecule has 5 heteroatoms. The van der Waals surface area contributed by atoms with E-state index in [-0.39, 0.29) is 5.15 Å². The number of halogens is 2. The number of rotatable bonds is 1. The van der Waals surface area contributed by atoms with Gasteiger partial charge in [-0.25, -0.2) is 9.37 Å². The van der Waals surface area contributed by atoms with Gasteiger partial charge in [0.15, 0.2) is 11.0 Å². The van der Waals surface area contributed by atoms with Crippen molar-refractivity contribution in [2.75, 3.05) is 18.0 Å². The molecule has 0 atom stereocenters. The fourth-order valence-electron chi connectivity index (χ4n) is 1.92. The first-order chi connectivity index (χ1) is 7.68. The van der Waals surface area contributed by atoms with Gasteiger partial charge in [-0.3, -0.25) is 0 Å². The zero-order valence-corrected chi connectivity index (χ0v) is 10.1. The number of aromatic nitrogens is 2. The van der Waals surface area contributed by atoms with E-state index in [2.05, 4.69) is 14.9 Å². The Bertz CT molecular complexity index is 352. The van der Waals surface area contributed by atoms with Crippen LogP contribution in [0.25, 0.3) is 0 Å². The minimum Gasteiger partial charge on any atom is -0.341 e. The van der Waals surface area contributed by atoms with E-state index in [1.54, 1.807) is 6.92 Å². The topological polar surface area (TPSA) is 29.0 Å². The van der Waals surface area contributed by atoms with Crippen LogP contribution in [0.15, 0.2) is 0 Å². The van der Waals surface area contributed by atoms with E-state index >= 15 is 0 Å². The molecule has 0 radical (unpaired) electrons. The van der Waals surface area contributed by atoms with Gasteiger partial charge in [0.25, 0.3) is 0 Å². The second-order valence-corrected chi connectivity index (χ2v) is 4.47. The molecule has 0 saturated carbocycles. The summed E-state index contributed by atoms with van der Waals surface area (Å²) < 4.78 is 13.3. The summed E-state index contributed by atoms with van der Waals surface area (Å²) in [4.78, 5) is 10.2. The lowest BCUT2D eigenvalue weighted by atomic mass is 10.2. The summed E-state index contributed by atoms with van der Waals surface area (Å²) in [7, 11) is 0. The van der Waals surface area contributed by atoms with Crippen LogP contribution < -0.4 is 4.90 Å². The number of aryl methyl sites for hydroxylation is 1. The van der Waals surface area contributed by atoms with E-state index in [1.807, 2.05) is 0 Å². The van der Waals surface area contributed by atoms with Gasteiger partial charge in [0.2, 0.25) is 5.95 Å². The molecule has 3 nitrogen and oxygen atoms in total. The Labute approximate surface area is 99.6 Å². The van der Waals surface area contributed by atoms with Gasteiger partial charge < -0.3 is 4.90 Å². The van der Waals surface area contributed by atoms with Crippen LogP contribution in [0.2, 0.25) is 5.15 Å². The maximum absolute atomic E-state index is 13.3. The Kier molecular flexibility index (Phi) is 3.59. The monoisotopic (exact) mass is 243 g/mol. The van der Waals surface area contributed by atoms with Crippen LogP contribution in [0, 0.1) is 12.7 Å². The van der Waals surface area contributed by atoms with Crippen LogP contribution in [0.3, 0.4) is 0 Å². The van der Waals surface area contributed by atoms with Gasteiger partial charge in [-0.2, -0.15) is 4.98 Å². The molecule has 1 aromatic heterocycles. The molecule has 0 aromatic carbocycles. The molecule has 1 fully saturated rings. The molecule has 0 amide bonds. The normalized spacial score (nSPS) is 17.3. The molecule has 88 valence electrons. The summed E-state index contributed by atoms with van der Waals surface area (Å²) in [5.74, 6) is 0.0473. The molecule has 1 saturated heterocycles. The summed E-state index contributed by atoms with van der Waals surface area (Å²) in [6.07, 6.45) is 4.75. The number of anilines is 1. The first-order valence-corrected chi connectivity index (χ1v) is 6.01. The van der Waals surface area contributed by atoms with E-state index in [0.29, 0.717) is 11.6 Å². The van der Waals surface area contributed by atoms with E-state index in [1.165, 1.54) is 12.8 Å². The van der Waals surface area contributed by atoms with Crippen molar-refractivity contribution in [3.63, 3.8) is 0 Å². The van der Waals surface area contributed by atoms with Crippen LogP contribution in [-0.2, 0) is 0 Å². The Hall–Kier alpha value is -0.900. The minimum absolute atomic E-state index is 0.0771. The maximum Gasteiger partial charge on any atom is 0.227 e. The van der Waals surface area contributed by atoms with Gasteiger partial charge in [-0.1, -0.05) is 24.4 Å². The van der Waals surface area contributed by atoms with Gasteiger partial charge in [0, 0.05) is 13.1 Å². The first kappa shape index (κ1) is 11.6. The number of nitrogens with zero attached hydrogens (tertiary/aromatic N) is 3. The van der Waals surface area contributed by atoms with Gasteiger partial charge in [-0.15, -0.1) is 0 Å². The van der Waals surface area contributed by atoms with E-state index < -0.39 is 5.82 Å². The third-order valence-corrected chi connectivity index (χ3v) is 3.10. The van der Waals surface area contributed by atoms with Crippen molar-refractivity contribution in [2.45, 2.75) is 32.6 Å². The van der Waals surface area contributed by atoms with Crippen LogP contribution in [0.1, 0.15) is 31.4 Å². The molecule has 2 rings (SSSR count). The lowest BCUT2D eigenvalue weighted by Crippen LogP contribution is -2.26.